The van der Waals surface area contributed by atoms with Gasteiger partial charge in [-0.2, -0.15) is 0 Å². The van der Waals surface area contributed by atoms with Gasteiger partial charge in [-0.1, -0.05) is 0 Å². The number of hydrogen-bond donors (Lipinski definition) is 2. The molecule has 0 bridgehead atoms. The van der Waals surface area contributed by atoms with E-state index in [1.165, 1.54) is 12.4 Å². The molecule has 1 aromatic rings. The van der Waals surface area contributed by atoms with Crippen LogP contribution in [0.1, 0.15) is 12.8 Å². The highest BCUT2D eigenvalue weighted by Crippen LogP contribution is 2.19. The van der Waals surface area contributed by atoms with E-state index >= 15 is 0 Å². The predicted molar refractivity (Wildman–Crippen MR) is 73.6 cm³/mol. The fourth-order valence-electron chi connectivity index (χ4n) is 1.96. The fraction of sp³-hybridized carbons (Fsp3) is 0.600. The van der Waals surface area contributed by atoms with E-state index in [2.05, 4.69) is 20.0 Å². The Hall–Kier alpha value is -1.26. The van der Waals surface area contributed by atoms with Crippen LogP contribution in [0.3, 0.4) is 0 Å². The molecule has 1 aromatic heterocycles. The van der Waals surface area contributed by atoms with Crippen LogP contribution in [0, 0.1) is 0 Å². The summed E-state index contributed by atoms with van der Waals surface area (Å²) in [6.07, 6.45) is 3.41. The molecule has 0 aromatic carbocycles. The maximum atomic E-state index is 12.0. The van der Waals surface area contributed by atoms with Gasteiger partial charge in [-0.05, 0) is 12.8 Å². The quantitative estimate of drug-likeness (QED) is 0.741. The van der Waals surface area contributed by atoms with Gasteiger partial charge in [-0.3, -0.25) is 0 Å². The molecule has 2 heterocycles. The van der Waals surface area contributed by atoms with Crippen molar-refractivity contribution in [1.29, 1.82) is 0 Å². The first-order chi connectivity index (χ1) is 9.35. The van der Waals surface area contributed by atoms with Gasteiger partial charge in [-0.15, -0.1) is 0 Å². The van der Waals surface area contributed by atoms with Gasteiger partial charge in [0.05, 0.1) is 23.4 Å². The van der Waals surface area contributed by atoms with Crippen LogP contribution in [0.4, 0.5) is 5.95 Å². The highest BCUT2D eigenvalue weighted by Gasteiger charge is 2.32. The molecular formula is C10H16N4O4S2. The standard InChI is InChI=1S/C10H16N4O4S2/c1-11-10-12-5-9(6-13-10)20(17,18)14-7-8-3-2-4-19(8,15)16/h5-6,8,14H,2-4,7H2,1H3,(H,11,12,13). The van der Waals surface area contributed by atoms with Crippen LogP contribution in [0.25, 0.3) is 0 Å². The van der Waals surface area contributed by atoms with E-state index in [1.54, 1.807) is 7.05 Å². The van der Waals surface area contributed by atoms with Crippen molar-refractivity contribution in [2.75, 3.05) is 24.7 Å². The normalized spacial score (nSPS) is 21.8. The largest absolute Gasteiger partial charge is 0.357 e. The van der Waals surface area contributed by atoms with Crippen molar-refractivity contribution in [3.05, 3.63) is 12.4 Å². The summed E-state index contributed by atoms with van der Waals surface area (Å²) in [7, 11) is -5.34. The molecule has 1 atom stereocenters. The lowest BCUT2D eigenvalue weighted by Gasteiger charge is -2.11. The summed E-state index contributed by atoms with van der Waals surface area (Å²) in [5, 5.41) is 2.03. The molecule has 8 nitrogen and oxygen atoms in total. The van der Waals surface area contributed by atoms with E-state index in [1.807, 2.05) is 0 Å². The summed E-state index contributed by atoms with van der Waals surface area (Å²) in [6, 6.07) is 0. The van der Waals surface area contributed by atoms with Gasteiger partial charge in [0.2, 0.25) is 16.0 Å². The summed E-state index contributed by atoms with van der Waals surface area (Å²) in [5.74, 6) is 0.432. The zero-order valence-electron chi connectivity index (χ0n) is 10.9. The Morgan fingerprint density at radius 2 is 2.00 bits per heavy atom. The molecule has 10 heteroatoms. The van der Waals surface area contributed by atoms with E-state index in [4.69, 9.17) is 0 Å². The topological polar surface area (TPSA) is 118 Å². The van der Waals surface area contributed by atoms with Gasteiger partial charge in [0, 0.05) is 13.6 Å². The Bertz CT molecular complexity index is 670. The second kappa shape index (κ2) is 5.62. The summed E-state index contributed by atoms with van der Waals surface area (Å²) in [5.41, 5.74) is 0. The van der Waals surface area contributed by atoms with Gasteiger partial charge in [-0.25, -0.2) is 31.5 Å². The number of sulfone groups is 1. The predicted octanol–water partition coefficient (Wildman–Crippen LogP) is -0.626. The third-order valence-electron chi connectivity index (χ3n) is 3.13. The zero-order valence-corrected chi connectivity index (χ0v) is 12.5. The van der Waals surface area contributed by atoms with Crippen molar-refractivity contribution in [1.82, 2.24) is 14.7 Å². The minimum Gasteiger partial charge on any atom is -0.357 e. The Morgan fingerprint density at radius 1 is 1.35 bits per heavy atom. The molecule has 0 aliphatic carbocycles. The van der Waals surface area contributed by atoms with Gasteiger partial charge in [0.25, 0.3) is 0 Å². The number of hydrogen-bond acceptors (Lipinski definition) is 7. The minimum absolute atomic E-state index is 0.0908. The summed E-state index contributed by atoms with van der Waals surface area (Å²) in [4.78, 5) is 7.53. The minimum atomic E-state index is -3.79. The number of nitrogens with zero attached hydrogens (tertiary/aromatic N) is 2. The zero-order chi connectivity index (χ0) is 14.8. The van der Waals surface area contributed by atoms with Crippen molar-refractivity contribution in [2.24, 2.45) is 0 Å². The third kappa shape index (κ3) is 3.25. The van der Waals surface area contributed by atoms with Crippen molar-refractivity contribution >= 4 is 25.8 Å². The Kier molecular flexibility index (Phi) is 4.25. The average Bonchev–Trinajstić information content (AvgIpc) is 2.75. The number of rotatable bonds is 5. The lowest BCUT2D eigenvalue weighted by atomic mass is 10.2. The van der Waals surface area contributed by atoms with Crippen molar-refractivity contribution in [2.45, 2.75) is 23.0 Å². The van der Waals surface area contributed by atoms with Gasteiger partial charge >= 0.3 is 0 Å². The molecule has 0 spiro atoms. The summed E-state index contributed by atoms with van der Waals surface area (Å²) >= 11 is 0. The Morgan fingerprint density at radius 3 is 2.50 bits per heavy atom. The van der Waals surface area contributed by atoms with Crippen LogP contribution in [-0.4, -0.2) is 51.4 Å². The summed E-state index contributed by atoms with van der Waals surface area (Å²) in [6.45, 7) is -0.113. The lowest BCUT2D eigenvalue weighted by molar-refractivity contribution is 0.570. The maximum absolute atomic E-state index is 12.0. The second-order valence-electron chi connectivity index (χ2n) is 4.48. The smallest absolute Gasteiger partial charge is 0.243 e. The van der Waals surface area contributed by atoms with Crippen LogP contribution >= 0.6 is 0 Å². The third-order valence-corrected chi connectivity index (χ3v) is 6.78. The van der Waals surface area contributed by atoms with Gasteiger partial charge in [0.15, 0.2) is 9.84 Å². The van der Waals surface area contributed by atoms with Crippen molar-refractivity contribution in [3.8, 4) is 0 Å². The van der Waals surface area contributed by atoms with Crippen LogP contribution in [0.2, 0.25) is 0 Å². The highest BCUT2D eigenvalue weighted by atomic mass is 32.2. The molecule has 0 saturated carbocycles. The van der Waals surface area contributed by atoms with E-state index < -0.39 is 25.1 Å². The molecule has 0 radical (unpaired) electrons. The van der Waals surface area contributed by atoms with Crippen molar-refractivity contribution in [3.63, 3.8) is 0 Å². The maximum Gasteiger partial charge on any atom is 0.243 e. The van der Waals surface area contributed by atoms with E-state index in [-0.39, 0.29) is 17.2 Å². The fourth-order valence-corrected chi connectivity index (χ4v) is 4.80. The molecule has 1 saturated heterocycles. The molecule has 1 unspecified atom stereocenters. The monoisotopic (exact) mass is 320 g/mol. The van der Waals surface area contributed by atoms with E-state index in [0.29, 0.717) is 18.8 Å². The molecule has 112 valence electrons. The van der Waals surface area contributed by atoms with Gasteiger partial charge < -0.3 is 5.32 Å². The van der Waals surface area contributed by atoms with Crippen LogP contribution in [-0.2, 0) is 19.9 Å². The second-order valence-corrected chi connectivity index (χ2v) is 8.64. The average molecular weight is 320 g/mol. The highest BCUT2D eigenvalue weighted by molar-refractivity contribution is 7.92. The lowest BCUT2D eigenvalue weighted by Crippen LogP contribution is -2.34. The molecule has 1 aliphatic heterocycles. The molecular weight excluding hydrogens is 304 g/mol. The summed E-state index contributed by atoms with van der Waals surface area (Å²) < 4.78 is 49.6. The number of sulfonamides is 1. The SMILES string of the molecule is CNc1ncc(S(=O)(=O)NCC2CCCS2(=O)=O)cn1. The van der Waals surface area contributed by atoms with Crippen LogP contribution in [0.5, 0.6) is 0 Å². The Balaban J connectivity index is 2.07. The number of anilines is 1. The van der Waals surface area contributed by atoms with Crippen molar-refractivity contribution < 1.29 is 16.8 Å². The van der Waals surface area contributed by atoms with E-state index in [9.17, 15) is 16.8 Å². The molecule has 20 heavy (non-hydrogen) atoms. The number of nitrogens with one attached hydrogen (secondary N) is 2. The molecule has 1 aliphatic rings. The molecule has 2 rings (SSSR count). The van der Waals surface area contributed by atoms with Crippen LogP contribution < -0.4 is 10.0 Å². The first-order valence-electron chi connectivity index (χ1n) is 6.06. The molecule has 2 N–H and O–H groups in total. The number of aromatic nitrogens is 2. The van der Waals surface area contributed by atoms with Gasteiger partial charge in [0.1, 0.15) is 4.90 Å². The molecule has 0 amide bonds. The first-order valence-corrected chi connectivity index (χ1v) is 9.26. The Labute approximate surface area is 118 Å². The van der Waals surface area contributed by atoms with Crippen LogP contribution in [0.15, 0.2) is 17.3 Å². The first kappa shape index (κ1) is 15.1. The molecule has 1 fully saturated rings. The van der Waals surface area contributed by atoms with E-state index in [0.717, 1.165) is 0 Å².